The molecule has 1 amide bonds. The van der Waals surface area contributed by atoms with Crippen LogP contribution in [0.25, 0.3) is 0 Å². The Hall–Kier alpha value is -2.83. The van der Waals surface area contributed by atoms with Gasteiger partial charge >= 0.3 is 6.09 Å². The van der Waals surface area contributed by atoms with Gasteiger partial charge < -0.3 is 20.2 Å². The first-order chi connectivity index (χ1) is 17.5. The van der Waals surface area contributed by atoms with Gasteiger partial charge in [-0.3, -0.25) is 0 Å². The number of hydrogen-bond acceptors (Lipinski definition) is 5. The average Bonchev–Trinajstić information content (AvgIpc) is 3.62. The van der Waals surface area contributed by atoms with E-state index >= 15 is 0 Å². The van der Waals surface area contributed by atoms with Crippen LogP contribution in [0.15, 0.2) is 30.6 Å². The minimum Gasteiger partial charge on any atom is -0.465 e. The summed E-state index contributed by atoms with van der Waals surface area (Å²) in [5.41, 5.74) is 5.09. The summed E-state index contributed by atoms with van der Waals surface area (Å²) in [6.07, 6.45) is 9.42. The standard InChI is InChI=1S/C29H39N5O2/c1-19(2)21-11-12-24-26(21)27(31-18-30-24)33-15-13-29(14-16-33)22-9-5-6-10-23(22)32-25(29)17-34(28(35)36)20-7-3-4-8-20/h5-6,9-10,18-21,25,32H,3-4,7-8,11-17H2,1-2H3,(H,35,36). The summed E-state index contributed by atoms with van der Waals surface area (Å²) in [6.45, 7) is 7.03. The van der Waals surface area contributed by atoms with Crippen molar-refractivity contribution in [2.75, 3.05) is 29.9 Å². The number of aromatic nitrogens is 2. The van der Waals surface area contributed by atoms with Gasteiger partial charge in [-0.1, -0.05) is 44.9 Å². The van der Waals surface area contributed by atoms with E-state index in [2.05, 4.69) is 53.3 Å². The summed E-state index contributed by atoms with van der Waals surface area (Å²) in [5, 5.41) is 13.9. The second kappa shape index (κ2) is 9.24. The molecule has 0 radical (unpaired) electrons. The molecule has 7 nitrogen and oxygen atoms in total. The van der Waals surface area contributed by atoms with E-state index in [1.54, 1.807) is 11.2 Å². The molecule has 1 spiro atoms. The van der Waals surface area contributed by atoms with Gasteiger partial charge in [0.05, 0.1) is 6.04 Å². The van der Waals surface area contributed by atoms with E-state index in [9.17, 15) is 9.90 Å². The summed E-state index contributed by atoms with van der Waals surface area (Å²) >= 11 is 0. The highest BCUT2D eigenvalue weighted by Gasteiger charge is 2.50. The van der Waals surface area contributed by atoms with Gasteiger partial charge in [-0.15, -0.1) is 0 Å². The Morgan fingerprint density at radius 3 is 2.64 bits per heavy atom. The molecule has 2 unspecified atom stereocenters. The molecular formula is C29H39N5O2. The zero-order valence-corrected chi connectivity index (χ0v) is 21.6. The maximum absolute atomic E-state index is 12.3. The molecule has 4 aliphatic rings. The number of amides is 1. The molecule has 1 aromatic carbocycles. The van der Waals surface area contributed by atoms with E-state index < -0.39 is 6.09 Å². The highest BCUT2D eigenvalue weighted by Crippen LogP contribution is 2.50. The third-order valence-electron chi connectivity index (χ3n) is 9.62. The smallest absolute Gasteiger partial charge is 0.407 e. The van der Waals surface area contributed by atoms with Crippen LogP contribution in [0.1, 0.15) is 81.5 Å². The van der Waals surface area contributed by atoms with Crippen LogP contribution in [0.4, 0.5) is 16.3 Å². The first-order valence-corrected chi connectivity index (χ1v) is 13.9. The number of aryl methyl sites for hydroxylation is 1. The van der Waals surface area contributed by atoms with E-state index in [1.165, 1.54) is 28.9 Å². The lowest BCUT2D eigenvalue weighted by Crippen LogP contribution is -2.54. The van der Waals surface area contributed by atoms with Gasteiger partial charge in [0.1, 0.15) is 12.1 Å². The predicted octanol–water partition coefficient (Wildman–Crippen LogP) is 5.42. The molecule has 1 saturated carbocycles. The zero-order valence-electron chi connectivity index (χ0n) is 21.6. The van der Waals surface area contributed by atoms with Gasteiger partial charge in [-0.25, -0.2) is 14.8 Å². The van der Waals surface area contributed by atoms with Crippen LogP contribution in [-0.4, -0.2) is 57.8 Å². The normalized spacial score (nSPS) is 24.7. The molecule has 0 bridgehead atoms. The average molecular weight is 490 g/mol. The van der Waals surface area contributed by atoms with Crippen molar-refractivity contribution in [3.05, 3.63) is 47.4 Å². The summed E-state index contributed by atoms with van der Waals surface area (Å²) < 4.78 is 0. The van der Waals surface area contributed by atoms with Gasteiger partial charge in [0.25, 0.3) is 0 Å². The molecule has 192 valence electrons. The van der Waals surface area contributed by atoms with Gasteiger partial charge in [-0.05, 0) is 62.0 Å². The number of carboxylic acid groups (broad SMARTS) is 1. The van der Waals surface area contributed by atoms with Crippen molar-refractivity contribution < 1.29 is 9.90 Å². The number of nitrogens with one attached hydrogen (secondary N) is 1. The number of rotatable bonds is 5. The third-order valence-corrected chi connectivity index (χ3v) is 9.62. The van der Waals surface area contributed by atoms with Gasteiger partial charge in [-0.2, -0.15) is 0 Å². The van der Waals surface area contributed by atoms with Crippen LogP contribution in [0.5, 0.6) is 0 Å². The van der Waals surface area contributed by atoms with Crippen LogP contribution < -0.4 is 10.2 Å². The maximum atomic E-state index is 12.3. The Balaban J connectivity index is 1.28. The number of hydrogen-bond donors (Lipinski definition) is 2. The highest BCUT2D eigenvalue weighted by atomic mass is 16.4. The highest BCUT2D eigenvalue weighted by molar-refractivity contribution is 5.67. The first-order valence-electron chi connectivity index (χ1n) is 13.9. The maximum Gasteiger partial charge on any atom is 0.407 e. The fourth-order valence-corrected chi connectivity index (χ4v) is 7.66. The largest absolute Gasteiger partial charge is 0.465 e. The molecule has 6 rings (SSSR count). The lowest BCUT2D eigenvalue weighted by atomic mass is 9.69. The van der Waals surface area contributed by atoms with Gasteiger partial charge in [0.2, 0.25) is 0 Å². The molecule has 1 aromatic heterocycles. The van der Waals surface area contributed by atoms with E-state index in [0.717, 1.165) is 63.9 Å². The fourth-order valence-electron chi connectivity index (χ4n) is 7.66. The topological polar surface area (TPSA) is 81.6 Å². The first kappa shape index (κ1) is 23.6. The number of piperidine rings is 1. The molecule has 7 heteroatoms. The minimum absolute atomic E-state index is 0.0625. The molecule has 2 atom stereocenters. The SMILES string of the molecule is CC(C)C1CCc2ncnc(N3CCC4(CC3)c3ccccc3NC4CN(C(=O)O)C3CCCC3)c21. The van der Waals surface area contributed by atoms with Gasteiger partial charge in [0.15, 0.2) is 0 Å². The Morgan fingerprint density at radius 2 is 1.92 bits per heavy atom. The molecule has 2 N–H and O–H groups in total. The van der Waals surface area contributed by atoms with Crippen LogP contribution >= 0.6 is 0 Å². The monoisotopic (exact) mass is 489 g/mol. The van der Waals surface area contributed by atoms with Crippen molar-refractivity contribution in [2.45, 2.75) is 88.6 Å². The van der Waals surface area contributed by atoms with Crippen molar-refractivity contribution in [3.63, 3.8) is 0 Å². The second-order valence-electron chi connectivity index (χ2n) is 11.7. The lowest BCUT2D eigenvalue weighted by molar-refractivity contribution is 0.114. The van der Waals surface area contributed by atoms with Crippen LogP contribution in [0, 0.1) is 5.92 Å². The number of carbonyl (C=O) groups is 1. The summed E-state index contributed by atoms with van der Waals surface area (Å²) in [7, 11) is 0. The van der Waals surface area contributed by atoms with Crippen molar-refractivity contribution in [3.8, 4) is 0 Å². The molecule has 2 aromatic rings. The van der Waals surface area contributed by atoms with Crippen LogP contribution in [0.2, 0.25) is 0 Å². The summed E-state index contributed by atoms with van der Waals surface area (Å²) in [6, 6.07) is 8.88. The van der Waals surface area contributed by atoms with Gasteiger partial charge in [0, 0.05) is 48.0 Å². The predicted molar refractivity (Wildman–Crippen MR) is 142 cm³/mol. The van der Waals surface area contributed by atoms with Crippen LogP contribution in [0.3, 0.4) is 0 Å². The molecule has 1 saturated heterocycles. The number of nitrogens with zero attached hydrogens (tertiary/aromatic N) is 4. The lowest BCUT2D eigenvalue weighted by Gasteiger charge is -2.45. The number of anilines is 2. The summed E-state index contributed by atoms with van der Waals surface area (Å²) in [5.74, 6) is 2.25. The number of fused-ring (bicyclic) bond motifs is 3. The van der Waals surface area contributed by atoms with E-state index in [1.807, 2.05) is 0 Å². The molecule has 2 aliphatic heterocycles. The van der Waals surface area contributed by atoms with Crippen molar-refractivity contribution in [2.24, 2.45) is 5.92 Å². The Kier molecular flexibility index (Phi) is 6.05. The second-order valence-corrected chi connectivity index (χ2v) is 11.7. The molecule has 36 heavy (non-hydrogen) atoms. The van der Waals surface area contributed by atoms with Crippen molar-refractivity contribution in [1.82, 2.24) is 14.9 Å². The third kappa shape index (κ3) is 3.82. The fraction of sp³-hybridized carbons (Fsp3) is 0.621. The number of benzene rings is 1. The van der Waals surface area contributed by atoms with Crippen LogP contribution in [-0.2, 0) is 11.8 Å². The quantitative estimate of drug-likeness (QED) is 0.584. The molecule has 2 aliphatic carbocycles. The minimum atomic E-state index is -0.775. The number of para-hydroxylation sites is 1. The molecule has 2 fully saturated rings. The van der Waals surface area contributed by atoms with E-state index in [4.69, 9.17) is 4.98 Å². The molecule has 3 heterocycles. The Bertz CT molecular complexity index is 1120. The summed E-state index contributed by atoms with van der Waals surface area (Å²) in [4.78, 5) is 26.0. The zero-order chi connectivity index (χ0) is 24.9. The van der Waals surface area contributed by atoms with E-state index in [-0.39, 0.29) is 17.5 Å². The Labute approximate surface area is 214 Å². The van der Waals surface area contributed by atoms with Crippen molar-refractivity contribution >= 4 is 17.6 Å². The van der Waals surface area contributed by atoms with Crippen molar-refractivity contribution in [1.29, 1.82) is 0 Å². The Morgan fingerprint density at radius 1 is 1.17 bits per heavy atom. The molecular weight excluding hydrogens is 450 g/mol. The van der Waals surface area contributed by atoms with E-state index in [0.29, 0.717) is 18.4 Å².